The van der Waals surface area contributed by atoms with Gasteiger partial charge in [0.25, 0.3) is 0 Å². The predicted octanol–water partition coefficient (Wildman–Crippen LogP) is 1.98. The van der Waals surface area contributed by atoms with E-state index in [2.05, 4.69) is 5.32 Å². The summed E-state index contributed by atoms with van der Waals surface area (Å²) >= 11 is 0. The quantitative estimate of drug-likeness (QED) is 0.740. The van der Waals surface area contributed by atoms with Crippen LogP contribution in [0.2, 0.25) is 0 Å². The topological polar surface area (TPSA) is 58.6 Å². The van der Waals surface area contributed by atoms with E-state index in [1.54, 1.807) is 12.1 Å². The summed E-state index contributed by atoms with van der Waals surface area (Å²) in [6.45, 7) is 3.63. The van der Waals surface area contributed by atoms with Gasteiger partial charge in [0.2, 0.25) is 0 Å². The Bertz CT molecular complexity index is 412. The molecular formula is C11H13NO3. The molecule has 1 aliphatic rings. The summed E-state index contributed by atoms with van der Waals surface area (Å²) in [5.41, 5.74) is 1.78. The maximum absolute atomic E-state index is 11.2. The Kier molecular flexibility index (Phi) is 2.16. The zero-order valence-electron chi connectivity index (χ0n) is 8.70. The van der Waals surface area contributed by atoms with Gasteiger partial charge < -0.3 is 9.84 Å². The molecule has 1 heterocycles. The van der Waals surface area contributed by atoms with E-state index in [9.17, 15) is 4.79 Å². The molecule has 0 aliphatic carbocycles. The highest BCUT2D eigenvalue weighted by atomic mass is 16.6. The lowest BCUT2D eigenvalue weighted by atomic mass is 9.93. The summed E-state index contributed by atoms with van der Waals surface area (Å²) in [7, 11) is 0. The average Bonchev–Trinajstić information content (AvgIpc) is 2.16. The zero-order valence-corrected chi connectivity index (χ0v) is 8.70. The smallest absolute Gasteiger partial charge is 0.412 e. The number of amides is 1. The van der Waals surface area contributed by atoms with E-state index in [-0.39, 0.29) is 6.61 Å². The summed E-state index contributed by atoms with van der Waals surface area (Å²) in [5, 5.41) is 11.7. The molecule has 2 N–H and O–H groups in total. The van der Waals surface area contributed by atoms with Crippen molar-refractivity contribution < 1.29 is 14.6 Å². The van der Waals surface area contributed by atoms with Crippen molar-refractivity contribution in [3.8, 4) is 0 Å². The van der Waals surface area contributed by atoms with Crippen molar-refractivity contribution in [3.05, 3.63) is 29.3 Å². The number of benzene rings is 1. The molecule has 1 aromatic carbocycles. The number of cyclic esters (lactones) is 1. The maximum Gasteiger partial charge on any atom is 0.412 e. The van der Waals surface area contributed by atoms with E-state index in [0.29, 0.717) is 0 Å². The molecule has 15 heavy (non-hydrogen) atoms. The monoisotopic (exact) mass is 207 g/mol. The second kappa shape index (κ2) is 3.24. The molecule has 0 aromatic heterocycles. The molecule has 1 amide bonds. The van der Waals surface area contributed by atoms with Crippen molar-refractivity contribution in [1.29, 1.82) is 0 Å². The lowest BCUT2D eigenvalue weighted by molar-refractivity contribution is 0.0419. The predicted molar refractivity (Wildman–Crippen MR) is 55.5 cm³/mol. The Hall–Kier alpha value is -1.55. The molecule has 80 valence electrons. The van der Waals surface area contributed by atoms with Crippen molar-refractivity contribution in [2.24, 2.45) is 0 Å². The van der Waals surface area contributed by atoms with Gasteiger partial charge in [-0.25, -0.2) is 4.79 Å². The van der Waals surface area contributed by atoms with Crippen molar-refractivity contribution in [2.75, 3.05) is 5.32 Å². The number of nitrogens with one attached hydrogen (secondary N) is 1. The number of carbonyl (C=O) groups is 1. The highest BCUT2D eigenvalue weighted by Gasteiger charge is 2.33. The molecule has 0 radical (unpaired) electrons. The SMILES string of the molecule is CC1(C)OC(=O)Nc2ccc(CO)cc21. The van der Waals surface area contributed by atoms with Crippen LogP contribution in [0.3, 0.4) is 0 Å². The molecule has 2 rings (SSSR count). The van der Waals surface area contributed by atoms with Crippen LogP contribution in [0.4, 0.5) is 10.5 Å². The second-order valence-corrected chi connectivity index (χ2v) is 4.06. The normalized spacial score (nSPS) is 17.7. The molecule has 4 nitrogen and oxygen atoms in total. The van der Waals surface area contributed by atoms with Gasteiger partial charge in [-0.1, -0.05) is 6.07 Å². The highest BCUT2D eigenvalue weighted by molar-refractivity contribution is 5.88. The van der Waals surface area contributed by atoms with Gasteiger partial charge in [0.15, 0.2) is 0 Å². The van der Waals surface area contributed by atoms with Gasteiger partial charge in [-0.15, -0.1) is 0 Å². The van der Waals surface area contributed by atoms with E-state index in [1.165, 1.54) is 0 Å². The highest BCUT2D eigenvalue weighted by Crippen LogP contribution is 2.35. The van der Waals surface area contributed by atoms with Crippen molar-refractivity contribution >= 4 is 11.8 Å². The van der Waals surface area contributed by atoms with Gasteiger partial charge in [0, 0.05) is 5.56 Å². The molecule has 4 heteroatoms. The molecule has 0 bridgehead atoms. The average molecular weight is 207 g/mol. The van der Waals surface area contributed by atoms with E-state index in [1.807, 2.05) is 19.9 Å². The third kappa shape index (κ3) is 1.68. The van der Waals surface area contributed by atoms with Crippen LogP contribution in [0.15, 0.2) is 18.2 Å². The van der Waals surface area contributed by atoms with E-state index in [0.717, 1.165) is 16.8 Å². The maximum atomic E-state index is 11.2. The molecule has 0 atom stereocenters. The van der Waals surface area contributed by atoms with E-state index in [4.69, 9.17) is 9.84 Å². The molecule has 1 aromatic rings. The van der Waals surface area contributed by atoms with E-state index >= 15 is 0 Å². The third-order valence-electron chi connectivity index (χ3n) is 2.50. The van der Waals surface area contributed by atoms with Gasteiger partial charge >= 0.3 is 6.09 Å². The molecule has 0 spiro atoms. The minimum Gasteiger partial charge on any atom is -0.438 e. The van der Waals surface area contributed by atoms with Crippen molar-refractivity contribution in [1.82, 2.24) is 0 Å². The first kappa shape index (κ1) is 9.98. The van der Waals surface area contributed by atoms with Crippen LogP contribution < -0.4 is 5.32 Å². The van der Waals surface area contributed by atoms with Gasteiger partial charge in [-0.3, -0.25) is 5.32 Å². The molecule has 1 aliphatic heterocycles. The van der Waals surface area contributed by atoms with E-state index < -0.39 is 11.7 Å². The van der Waals surface area contributed by atoms with Crippen LogP contribution in [0.1, 0.15) is 25.0 Å². The summed E-state index contributed by atoms with van der Waals surface area (Å²) < 4.78 is 5.17. The second-order valence-electron chi connectivity index (χ2n) is 4.06. The third-order valence-corrected chi connectivity index (χ3v) is 2.50. The lowest BCUT2D eigenvalue weighted by Gasteiger charge is -2.32. The first-order chi connectivity index (χ1) is 7.03. The number of ether oxygens (including phenoxy) is 1. The molecule has 0 fully saturated rings. The summed E-state index contributed by atoms with van der Waals surface area (Å²) in [4.78, 5) is 11.2. The Labute approximate surface area is 87.9 Å². The standard InChI is InChI=1S/C11H13NO3/c1-11(2)8-5-7(6-13)3-4-9(8)12-10(14)15-11/h3-5,13H,6H2,1-2H3,(H,12,14). The Morgan fingerprint density at radius 1 is 1.47 bits per heavy atom. The van der Waals surface area contributed by atoms with Crippen molar-refractivity contribution in [3.63, 3.8) is 0 Å². The fourth-order valence-electron chi connectivity index (χ4n) is 1.72. The lowest BCUT2D eigenvalue weighted by Crippen LogP contribution is -2.34. The minimum absolute atomic E-state index is 0.0166. The summed E-state index contributed by atoms with van der Waals surface area (Å²) in [5.74, 6) is 0. The van der Waals surface area contributed by atoms with Crippen LogP contribution >= 0.6 is 0 Å². The fourth-order valence-corrected chi connectivity index (χ4v) is 1.72. The number of rotatable bonds is 1. The Balaban J connectivity index is 2.53. The number of anilines is 1. The molecule has 0 saturated carbocycles. The van der Waals surface area contributed by atoms with Crippen LogP contribution in [-0.4, -0.2) is 11.2 Å². The minimum atomic E-state index is -0.650. The van der Waals surface area contributed by atoms with Crippen LogP contribution in [0, 0.1) is 0 Å². The Morgan fingerprint density at radius 2 is 2.20 bits per heavy atom. The number of aliphatic hydroxyl groups excluding tert-OH is 1. The van der Waals surface area contributed by atoms with Crippen LogP contribution in [0.25, 0.3) is 0 Å². The first-order valence-corrected chi connectivity index (χ1v) is 4.77. The number of carbonyl (C=O) groups excluding carboxylic acids is 1. The molecule has 0 saturated heterocycles. The largest absolute Gasteiger partial charge is 0.438 e. The zero-order chi connectivity index (χ0) is 11.1. The molecule has 0 unspecified atom stereocenters. The number of fused-ring (bicyclic) bond motifs is 1. The summed E-state index contributed by atoms with van der Waals surface area (Å²) in [6.07, 6.45) is -0.441. The van der Waals surface area contributed by atoms with Gasteiger partial charge in [0.05, 0.1) is 12.3 Å². The Morgan fingerprint density at radius 3 is 2.87 bits per heavy atom. The number of aliphatic hydroxyl groups is 1. The first-order valence-electron chi connectivity index (χ1n) is 4.77. The van der Waals surface area contributed by atoms with Gasteiger partial charge in [-0.2, -0.15) is 0 Å². The van der Waals surface area contributed by atoms with Gasteiger partial charge in [-0.05, 0) is 31.5 Å². The van der Waals surface area contributed by atoms with Crippen molar-refractivity contribution in [2.45, 2.75) is 26.1 Å². The fraction of sp³-hybridized carbons (Fsp3) is 0.364. The van der Waals surface area contributed by atoms with Crippen LogP contribution in [0.5, 0.6) is 0 Å². The summed E-state index contributed by atoms with van der Waals surface area (Å²) in [6, 6.07) is 5.40. The van der Waals surface area contributed by atoms with Gasteiger partial charge in [0.1, 0.15) is 5.60 Å². The van der Waals surface area contributed by atoms with Crippen LogP contribution in [-0.2, 0) is 16.9 Å². The molecular weight excluding hydrogens is 194 g/mol. The number of hydrogen-bond donors (Lipinski definition) is 2. The number of hydrogen-bond acceptors (Lipinski definition) is 3.